The third-order valence-corrected chi connectivity index (χ3v) is 1.86. The monoisotopic (exact) mass is 253 g/mol. The number of hydrogen-bond donors (Lipinski definition) is 2. The minimum atomic E-state index is -0.432. The zero-order valence-electron chi connectivity index (χ0n) is 6.83. The van der Waals surface area contributed by atoms with Crippen molar-refractivity contribution in [2.45, 2.75) is 0 Å². The Kier molecular flexibility index (Phi) is 6.98. The van der Waals surface area contributed by atoms with Gasteiger partial charge in [0.1, 0.15) is 5.82 Å². The number of rotatable bonds is 1. The molecule has 1 N–H and O–H groups in total. The van der Waals surface area contributed by atoms with Gasteiger partial charge in [-0.25, -0.2) is 4.39 Å². The summed E-state index contributed by atoms with van der Waals surface area (Å²) in [7, 11) is 0. The van der Waals surface area contributed by atoms with E-state index in [4.69, 9.17) is 16.9 Å². The Morgan fingerprint density at radius 3 is 2.80 bits per heavy atom. The average Bonchev–Trinajstić information content (AvgIpc) is 2.10. The van der Waals surface area contributed by atoms with Crippen LogP contribution in [0.4, 0.5) is 10.1 Å². The normalized spacial score (nSPS) is 10.1. The van der Waals surface area contributed by atoms with Crippen LogP contribution in [0.3, 0.4) is 0 Å². The standard InChI is InChI=1S/C8H5ClFN3S.Na.H/c9-6-3-5(10)1-2-7(6)13-8(14)12-4-11;;/h1-3H,(H2,12,13,14);;. The summed E-state index contributed by atoms with van der Waals surface area (Å²) in [5, 5.41) is 11.1. The number of anilines is 1. The van der Waals surface area contributed by atoms with E-state index >= 15 is 0 Å². The molecular weight excluding hydrogens is 248 g/mol. The average molecular weight is 254 g/mol. The SMILES string of the molecule is N#CN=C(S)Nc1ccc(F)cc1Cl.[NaH]. The third-order valence-electron chi connectivity index (χ3n) is 1.33. The summed E-state index contributed by atoms with van der Waals surface area (Å²) in [6.07, 6.45) is 1.55. The predicted octanol–water partition coefficient (Wildman–Crippen LogP) is 2.01. The summed E-state index contributed by atoms with van der Waals surface area (Å²) in [6, 6.07) is 3.82. The predicted molar refractivity (Wildman–Crippen MR) is 64.2 cm³/mol. The Morgan fingerprint density at radius 2 is 2.27 bits per heavy atom. The van der Waals surface area contributed by atoms with Crippen LogP contribution in [0, 0.1) is 17.3 Å². The van der Waals surface area contributed by atoms with Gasteiger partial charge in [0.05, 0.1) is 10.7 Å². The summed E-state index contributed by atoms with van der Waals surface area (Å²) in [5.74, 6) is -0.432. The van der Waals surface area contributed by atoms with Gasteiger partial charge in [-0.2, -0.15) is 5.26 Å². The van der Waals surface area contributed by atoms with Crippen LogP contribution in [-0.4, -0.2) is 34.7 Å². The number of halogens is 2. The van der Waals surface area contributed by atoms with E-state index < -0.39 is 5.82 Å². The maximum atomic E-state index is 12.6. The van der Waals surface area contributed by atoms with Gasteiger partial charge in [0.25, 0.3) is 0 Å². The molecule has 0 fully saturated rings. The van der Waals surface area contributed by atoms with Gasteiger partial charge in [-0.05, 0) is 18.2 Å². The molecule has 3 nitrogen and oxygen atoms in total. The molecule has 74 valence electrons. The van der Waals surface area contributed by atoms with Crippen molar-refractivity contribution in [2.24, 2.45) is 4.99 Å². The van der Waals surface area contributed by atoms with Gasteiger partial charge < -0.3 is 5.32 Å². The molecule has 0 aliphatic heterocycles. The van der Waals surface area contributed by atoms with Gasteiger partial charge in [0, 0.05) is 0 Å². The molecular formula is C8H6ClFN3NaS. The fourth-order valence-corrected chi connectivity index (χ4v) is 1.17. The van der Waals surface area contributed by atoms with Crippen LogP contribution in [0.5, 0.6) is 0 Å². The first-order chi connectivity index (χ1) is 6.63. The molecule has 15 heavy (non-hydrogen) atoms. The van der Waals surface area contributed by atoms with Crippen molar-refractivity contribution < 1.29 is 4.39 Å². The molecule has 7 heteroatoms. The Labute approximate surface area is 119 Å². The van der Waals surface area contributed by atoms with E-state index in [0.29, 0.717) is 5.69 Å². The molecule has 0 amide bonds. The summed E-state index contributed by atoms with van der Waals surface area (Å²) in [4.78, 5) is 3.31. The van der Waals surface area contributed by atoms with E-state index in [1.807, 2.05) is 0 Å². The second kappa shape index (κ2) is 7.09. The maximum absolute atomic E-state index is 12.6. The van der Waals surface area contributed by atoms with Gasteiger partial charge in [-0.1, -0.05) is 11.6 Å². The first-order valence-electron chi connectivity index (χ1n) is 3.51. The van der Waals surface area contributed by atoms with Crippen molar-refractivity contribution in [3.63, 3.8) is 0 Å². The molecule has 0 radical (unpaired) electrons. The van der Waals surface area contributed by atoms with E-state index in [1.165, 1.54) is 12.1 Å². The van der Waals surface area contributed by atoms with Crippen molar-refractivity contribution >= 4 is 64.6 Å². The number of hydrogen-bond acceptors (Lipinski definition) is 2. The molecule has 0 saturated carbocycles. The minimum absolute atomic E-state index is 0. The molecule has 0 bridgehead atoms. The topological polar surface area (TPSA) is 48.2 Å². The zero-order valence-corrected chi connectivity index (χ0v) is 8.48. The second-order valence-electron chi connectivity index (χ2n) is 2.28. The van der Waals surface area contributed by atoms with Crippen molar-refractivity contribution in [3.05, 3.63) is 29.0 Å². The number of nitriles is 1. The second-order valence-corrected chi connectivity index (χ2v) is 3.12. The molecule has 0 atom stereocenters. The van der Waals surface area contributed by atoms with Crippen molar-refractivity contribution in [1.82, 2.24) is 0 Å². The van der Waals surface area contributed by atoms with Crippen LogP contribution in [0.1, 0.15) is 0 Å². The molecule has 1 aromatic rings. The third kappa shape index (κ3) is 4.87. The summed E-state index contributed by atoms with van der Waals surface area (Å²) >= 11 is 9.56. The van der Waals surface area contributed by atoms with E-state index in [2.05, 4.69) is 22.9 Å². The first kappa shape index (κ1) is 14.8. The Balaban J connectivity index is 0.00000196. The number of thiol groups is 1. The van der Waals surface area contributed by atoms with Gasteiger partial charge in [0.15, 0.2) is 5.17 Å². The Hall–Kier alpha value is -0.250. The molecule has 0 spiro atoms. The fraction of sp³-hybridized carbons (Fsp3) is 0. The van der Waals surface area contributed by atoms with E-state index in [-0.39, 0.29) is 39.7 Å². The van der Waals surface area contributed by atoms with Crippen LogP contribution >= 0.6 is 24.2 Å². The summed E-state index contributed by atoms with van der Waals surface area (Å²) in [5.41, 5.74) is 0.442. The first-order valence-corrected chi connectivity index (χ1v) is 4.34. The van der Waals surface area contributed by atoms with Crippen LogP contribution in [0.25, 0.3) is 0 Å². The molecule has 0 aromatic heterocycles. The van der Waals surface area contributed by atoms with Crippen molar-refractivity contribution in [3.8, 4) is 6.19 Å². The number of nitrogens with zero attached hydrogens (tertiary/aromatic N) is 2. The number of nitrogens with one attached hydrogen (secondary N) is 1. The molecule has 0 unspecified atom stereocenters. The van der Waals surface area contributed by atoms with Gasteiger partial charge >= 0.3 is 29.6 Å². The molecule has 1 aromatic carbocycles. The molecule has 1 rings (SSSR count). The molecule has 0 heterocycles. The van der Waals surface area contributed by atoms with E-state index in [1.54, 1.807) is 6.19 Å². The van der Waals surface area contributed by atoms with Crippen LogP contribution in [0.2, 0.25) is 5.02 Å². The van der Waals surface area contributed by atoms with Gasteiger partial charge in [0.2, 0.25) is 6.19 Å². The summed E-state index contributed by atoms with van der Waals surface area (Å²) < 4.78 is 12.6. The number of amidine groups is 1. The zero-order chi connectivity index (χ0) is 10.6. The van der Waals surface area contributed by atoms with E-state index in [0.717, 1.165) is 6.07 Å². The Morgan fingerprint density at radius 1 is 1.60 bits per heavy atom. The molecule has 0 aliphatic carbocycles. The number of aliphatic imine (C=N–C) groups is 1. The Bertz CT molecular complexity index is 419. The van der Waals surface area contributed by atoms with E-state index in [9.17, 15) is 4.39 Å². The molecule has 0 saturated heterocycles. The van der Waals surface area contributed by atoms with Crippen LogP contribution in [0.15, 0.2) is 23.2 Å². The van der Waals surface area contributed by atoms with Crippen LogP contribution in [-0.2, 0) is 0 Å². The quantitative estimate of drug-likeness (QED) is 0.264. The molecule has 0 aliphatic rings. The van der Waals surface area contributed by atoms with Gasteiger partial charge in [-0.3, -0.25) is 0 Å². The number of benzene rings is 1. The summed E-state index contributed by atoms with van der Waals surface area (Å²) in [6.45, 7) is 0. The van der Waals surface area contributed by atoms with Crippen LogP contribution < -0.4 is 5.32 Å². The van der Waals surface area contributed by atoms with Gasteiger partial charge in [-0.15, -0.1) is 17.6 Å². The fourth-order valence-electron chi connectivity index (χ4n) is 0.787. The van der Waals surface area contributed by atoms with Crippen molar-refractivity contribution in [2.75, 3.05) is 5.32 Å². The van der Waals surface area contributed by atoms with Crippen molar-refractivity contribution in [1.29, 1.82) is 5.26 Å².